The summed E-state index contributed by atoms with van der Waals surface area (Å²) in [5.74, 6) is -3.43. The van der Waals surface area contributed by atoms with E-state index in [-0.39, 0.29) is 35.8 Å². The second-order valence-electron chi connectivity index (χ2n) is 9.89. The lowest BCUT2D eigenvalue weighted by Gasteiger charge is -2.39. The molecule has 2 amide bonds. The Morgan fingerprint density at radius 3 is 2.49 bits per heavy atom. The van der Waals surface area contributed by atoms with Crippen molar-refractivity contribution in [1.82, 2.24) is 4.90 Å². The summed E-state index contributed by atoms with van der Waals surface area (Å²) in [6.45, 7) is 0.0121. The topological polar surface area (TPSA) is 43.9 Å². The van der Waals surface area contributed by atoms with Crippen molar-refractivity contribution in [3.05, 3.63) is 69.2 Å². The van der Waals surface area contributed by atoms with Crippen molar-refractivity contribution in [2.24, 2.45) is 11.8 Å². The number of hydrogen-bond donors (Lipinski definition) is 0. The predicted octanol–water partition coefficient (Wildman–Crippen LogP) is 5.70. The number of anilines is 2. The SMILES string of the molecule is CN1CC2(c3cc(Cl)cc(Cl)c31)C1C(=O)N(c3cccc(C(F)(F)F)c3)C(=O)C1C1CC(=C(F)F)CN12. The first kappa shape index (κ1) is 24.6. The highest BCUT2D eigenvalue weighted by Gasteiger charge is 2.72. The third-order valence-corrected chi connectivity index (χ3v) is 8.57. The molecule has 0 N–H and O–H groups in total. The zero-order valence-electron chi connectivity index (χ0n) is 19.1. The van der Waals surface area contributed by atoms with Gasteiger partial charge >= 0.3 is 6.18 Å². The minimum atomic E-state index is -4.68. The molecule has 2 aromatic carbocycles. The van der Waals surface area contributed by atoms with Gasteiger partial charge < -0.3 is 4.90 Å². The van der Waals surface area contributed by atoms with E-state index in [0.29, 0.717) is 16.3 Å². The van der Waals surface area contributed by atoms with Gasteiger partial charge in [-0.05, 0) is 36.8 Å². The van der Waals surface area contributed by atoms with Crippen molar-refractivity contribution < 1.29 is 31.5 Å². The van der Waals surface area contributed by atoms with Crippen LogP contribution in [0.5, 0.6) is 0 Å². The van der Waals surface area contributed by atoms with Crippen LogP contribution in [-0.4, -0.2) is 42.9 Å². The number of hydrogen-bond acceptors (Lipinski definition) is 4. The number of amides is 2. The second kappa shape index (κ2) is 7.91. The number of imide groups is 1. The Morgan fingerprint density at radius 2 is 1.81 bits per heavy atom. The van der Waals surface area contributed by atoms with Crippen LogP contribution in [-0.2, 0) is 21.3 Å². The maximum Gasteiger partial charge on any atom is 0.416 e. The summed E-state index contributed by atoms with van der Waals surface area (Å²) in [7, 11) is 1.74. The lowest BCUT2D eigenvalue weighted by Crippen LogP contribution is -2.52. The van der Waals surface area contributed by atoms with Crippen LogP contribution in [0.25, 0.3) is 0 Å². The molecule has 0 bridgehead atoms. The van der Waals surface area contributed by atoms with E-state index in [1.165, 1.54) is 12.1 Å². The highest BCUT2D eigenvalue weighted by molar-refractivity contribution is 6.37. The zero-order chi connectivity index (χ0) is 26.6. The number of benzene rings is 2. The van der Waals surface area contributed by atoms with E-state index in [1.54, 1.807) is 22.9 Å². The number of fused-ring (bicyclic) bond motifs is 7. The molecule has 6 rings (SSSR count). The number of nitrogens with zero attached hydrogens (tertiary/aromatic N) is 3. The van der Waals surface area contributed by atoms with E-state index in [1.807, 2.05) is 0 Å². The van der Waals surface area contributed by atoms with Crippen molar-refractivity contribution in [3.8, 4) is 0 Å². The standard InChI is InChI=1S/C25H18Cl2F5N3O2/c1-33-10-24(15-7-13(26)8-16(27)20(15)33)19-18(17-5-11(21(28)29)9-34(17)24)22(36)35(23(19)37)14-4-2-3-12(6-14)25(30,31)32/h2-4,6-8,17-19H,5,9-10H2,1H3. The summed E-state index contributed by atoms with van der Waals surface area (Å²) in [4.78, 5) is 32.1. The van der Waals surface area contributed by atoms with Crippen molar-refractivity contribution >= 4 is 46.4 Å². The molecule has 12 heteroatoms. The van der Waals surface area contributed by atoms with Crippen LogP contribution in [0.15, 0.2) is 48.1 Å². The molecule has 0 aliphatic carbocycles. The smallest absolute Gasteiger partial charge is 0.371 e. The molecule has 2 aromatic rings. The molecule has 4 unspecified atom stereocenters. The molecule has 0 radical (unpaired) electrons. The molecule has 37 heavy (non-hydrogen) atoms. The van der Waals surface area contributed by atoms with Crippen LogP contribution in [0.3, 0.4) is 0 Å². The fraction of sp³-hybridized carbons (Fsp3) is 0.360. The highest BCUT2D eigenvalue weighted by atomic mass is 35.5. The molecule has 4 heterocycles. The lowest BCUT2D eigenvalue weighted by atomic mass is 9.75. The van der Waals surface area contributed by atoms with Gasteiger partial charge in [0, 0.05) is 42.3 Å². The summed E-state index contributed by atoms with van der Waals surface area (Å²) in [6, 6.07) is 6.42. The zero-order valence-corrected chi connectivity index (χ0v) is 20.6. The molecule has 0 aromatic heterocycles. The summed E-state index contributed by atoms with van der Waals surface area (Å²) in [5, 5.41) is 0.580. The van der Waals surface area contributed by atoms with Gasteiger partial charge in [0.25, 0.3) is 6.08 Å². The third kappa shape index (κ3) is 3.25. The van der Waals surface area contributed by atoms with E-state index in [4.69, 9.17) is 23.2 Å². The van der Waals surface area contributed by atoms with E-state index < -0.39 is 53.1 Å². The van der Waals surface area contributed by atoms with Crippen molar-refractivity contribution in [3.63, 3.8) is 0 Å². The maximum absolute atomic E-state index is 14.0. The monoisotopic (exact) mass is 557 g/mol. The Morgan fingerprint density at radius 1 is 1.08 bits per heavy atom. The number of rotatable bonds is 1. The Hall–Kier alpha value is -2.69. The van der Waals surface area contributed by atoms with Gasteiger partial charge in [0.2, 0.25) is 11.8 Å². The van der Waals surface area contributed by atoms with Crippen LogP contribution in [0, 0.1) is 11.8 Å². The summed E-state index contributed by atoms with van der Waals surface area (Å²) in [5.41, 5.74) is -1.46. The Kier molecular flexibility index (Phi) is 5.27. The van der Waals surface area contributed by atoms with Gasteiger partial charge in [-0.3, -0.25) is 14.5 Å². The molecule has 0 saturated carbocycles. The molecular weight excluding hydrogens is 540 g/mol. The number of likely N-dealkylation sites (N-methyl/N-ethyl adjacent to an activating group) is 1. The van der Waals surface area contributed by atoms with Crippen LogP contribution < -0.4 is 9.80 Å². The summed E-state index contributed by atoms with van der Waals surface area (Å²) >= 11 is 12.8. The first-order valence-corrected chi connectivity index (χ1v) is 12.2. The molecule has 4 aliphatic rings. The Balaban J connectivity index is 1.55. The van der Waals surface area contributed by atoms with E-state index in [9.17, 15) is 31.5 Å². The van der Waals surface area contributed by atoms with Crippen molar-refractivity contribution in [1.29, 1.82) is 0 Å². The maximum atomic E-state index is 14.0. The van der Waals surface area contributed by atoms with Crippen LogP contribution in [0.1, 0.15) is 17.5 Å². The Labute approximate surface area is 218 Å². The number of carbonyl (C=O) groups excluding carboxylic acids is 2. The number of halogens is 7. The van der Waals surface area contributed by atoms with E-state index >= 15 is 0 Å². The van der Waals surface area contributed by atoms with E-state index in [0.717, 1.165) is 23.1 Å². The molecule has 194 valence electrons. The van der Waals surface area contributed by atoms with Gasteiger partial charge in [0.15, 0.2) is 0 Å². The quantitative estimate of drug-likeness (QED) is 0.333. The molecule has 3 fully saturated rings. The summed E-state index contributed by atoms with van der Waals surface area (Å²) in [6.07, 6.45) is -6.66. The third-order valence-electron chi connectivity index (χ3n) is 8.06. The van der Waals surface area contributed by atoms with Crippen molar-refractivity contribution in [2.75, 3.05) is 29.9 Å². The highest BCUT2D eigenvalue weighted by Crippen LogP contribution is 2.63. The number of carbonyl (C=O) groups is 2. The average Bonchev–Trinajstić information content (AvgIpc) is 3.49. The van der Waals surface area contributed by atoms with Gasteiger partial charge in [0.1, 0.15) is 0 Å². The molecule has 5 nitrogen and oxygen atoms in total. The first-order valence-electron chi connectivity index (χ1n) is 11.4. The van der Waals surface area contributed by atoms with Crippen LogP contribution >= 0.6 is 23.2 Å². The van der Waals surface area contributed by atoms with Gasteiger partial charge in [-0.2, -0.15) is 22.0 Å². The average molecular weight is 558 g/mol. The first-order chi connectivity index (χ1) is 17.4. The van der Waals surface area contributed by atoms with Gasteiger partial charge in [0.05, 0.1) is 39.3 Å². The molecular formula is C25H18Cl2F5N3O2. The van der Waals surface area contributed by atoms with Gasteiger partial charge in [-0.25, -0.2) is 4.90 Å². The minimum Gasteiger partial charge on any atom is -0.371 e. The van der Waals surface area contributed by atoms with Crippen LogP contribution in [0.4, 0.5) is 33.3 Å². The van der Waals surface area contributed by atoms with E-state index in [2.05, 4.69) is 0 Å². The minimum absolute atomic E-state index is 0.131. The molecule has 4 aliphatic heterocycles. The molecule has 1 spiro atoms. The normalized spacial score (nSPS) is 29.0. The van der Waals surface area contributed by atoms with Crippen LogP contribution in [0.2, 0.25) is 10.0 Å². The number of alkyl halides is 3. The van der Waals surface area contributed by atoms with Gasteiger partial charge in [-0.1, -0.05) is 29.3 Å². The Bertz CT molecular complexity index is 1410. The predicted molar refractivity (Wildman–Crippen MR) is 127 cm³/mol. The lowest BCUT2D eigenvalue weighted by molar-refractivity contribution is -0.137. The molecule has 4 atom stereocenters. The second-order valence-corrected chi connectivity index (χ2v) is 10.7. The van der Waals surface area contributed by atoms with Crippen molar-refractivity contribution in [2.45, 2.75) is 24.2 Å². The molecule has 3 saturated heterocycles. The summed E-state index contributed by atoms with van der Waals surface area (Å²) < 4.78 is 67.7. The fourth-order valence-corrected chi connectivity index (χ4v) is 7.44. The largest absolute Gasteiger partial charge is 0.416 e. The van der Waals surface area contributed by atoms with Gasteiger partial charge in [-0.15, -0.1) is 0 Å². The fourth-order valence-electron chi connectivity index (χ4n) is 6.80.